The molecule has 8 nitrogen and oxygen atoms in total. The average molecular weight is 552 g/mol. The summed E-state index contributed by atoms with van der Waals surface area (Å²) < 4.78 is 32.2. The number of methoxy groups -OCH3 is 1. The second-order valence-electron chi connectivity index (χ2n) is 9.80. The number of para-hydroxylation sites is 1. The van der Waals surface area contributed by atoms with Crippen molar-refractivity contribution in [1.29, 1.82) is 0 Å². The van der Waals surface area contributed by atoms with Gasteiger partial charge < -0.3 is 15.0 Å². The van der Waals surface area contributed by atoms with Gasteiger partial charge in [0.25, 0.3) is 0 Å². The number of benzene rings is 3. The van der Waals surface area contributed by atoms with E-state index in [0.717, 1.165) is 21.7 Å². The van der Waals surface area contributed by atoms with E-state index in [9.17, 15) is 18.0 Å². The zero-order valence-electron chi connectivity index (χ0n) is 23.1. The van der Waals surface area contributed by atoms with Crippen molar-refractivity contribution in [3.8, 4) is 5.75 Å². The van der Waals surface area contributed by atoms with Crippen LogP contribution in [0.4, 0.5) is 5.69 Å². The lowest BCUT2D eigenvalue weighted by Crippen LogP contribution is -2.54. The van der Waals surface area contributed by atoms with Crippen LogP contribution in [0.3, 0.4) is 0 Å². The second-order valence-corrected chi connectivity index (χ2v) is 11.7. The molecule has 0 aliphatic carbocycles. The lowest BCUT2D eigenvalue weighted by atomic mass is 10.0. The van der Waals surface area contributed by atoms with Gasteiger partial charge in [0.05, 0.1) is 19.1 Å². The lowest BCUT2D eigenvalue weighted by Gasteiger charge is -2.34. The van der Waals surface area contributed by atoms with E-state index in [4.69, 9.17) is 4.74 Å². The molecule has 1 N–H and O–H groups in total. The van der Waals surface area contributed by atoms with Gasteiger partial charge in [0.15, 0.2) is 0 Å². The van der Waals surface area contributed by atoms with E-state index in [2.05, 4.69) is 5.32 Å². The summed E-state index contributed by atoms with van der Waals surface area (Å²) >= 11 is 0. The van der Waals surface area contributed by atoms with Crippen LogP contribution in [-0.4, -0.2) is 57.1 Å². The average Bonchev–Trinajstić information content (AvgIpc) is 2.89. The van der Waals surface area contributed by atoms with Gasteiger partial charge in [-0.15, -0.1) is 0 Å². The van der Waals surface area contributed by atoms with Crippen molar-refractivity contribution in [3.05, 3.63) is 95.6 Å². The summed E-state index contributed by atoms with van der Waals surface area (Å²) in [6.45, 7) is 5.14. The number of sulfonamides is 1. The van der Waals surface area contributed by atoms with Crippen molar-refractivity contribution < 1.29 is 22.7 Å². The van der Waals surface area contributed by atoms with E-state index in [0.29, 0.717) is 17.0 Å². The van der Waals surface area contributed by atoms with Crippen LogP contribution in [-0.2, 0) is 32.6 Å². The standard InChI is InChI=1S/C30H37N3O5S/c1-22(2)31-30(35)28(19-24-13-7-6-8-14-24)32(20-25-15-11-16-26(18-25)38-4)29(34)21-33(39(5,36)37)27-17-10-9-12-23(27)3/h6-18,22,28H,19-21H2,1-5H3,(H,31,35)/t28-/m0/s1. The minimum Gasteiger partial charge on any atom is -0.497 e. The highest BCUT2D eigenvalue weighted by molar-refractivity contribution is 7.92. The number of nitrogens with zero attached hydrogens (tertiary/aromatic N) is 2. The minimum atomic E-state index is -3.81. The molecule has 0 spiro atoms. The van der Waals surface area contributed by atoms with Gasteiger partial charge in [-0.1, -0.05) is 60.7 Å². The summed E-state index contributed by atoms with van der Waals surface area (Å²) in [5.41, 5.74) is 2.76. The first kappa shape index (κ1) is 29.7. The lowest BCUT2D eigenvalue weighted by molar-refractivity contribution is -0.140. The summed E-state index contributed by atoms with van der Waals surface area (Å²) in [6, 6.07) is 22.7. The van der Waals surface area contributed by atoms with Crippen LogP contribution in [0.5, 0.6) is 5.75 Å². The van der Waals surface area contributed by atoms with E-state index >= 15 is 0 Å². The van der Waals surface area contributed by atoms with Crippen molar-refractivity contribution >= 4 is 27.5 Å². The molecule has 3 aromatic rings. The molecular formula is C30H37N3O5S. The molecule has 0 unspecified atom stereocenters. The van der Waals surface area contributed by atoms with Gasteiger partial charge in [0, 0.05) is 19.0 Å². The third-order valence-corrected chi connectivity index (χ3v) is 7.38. The topological polar surface area (TPSA) is 96.0 Å². The highest BCUT2D eigenvalue weighted by Gasteiger charge is 2.33. The number of rotatable bonds is 12. The summed E-state index contributed by atoms with van der Waals surface area (Å²) in [4.78, 5) is 29.1. The Hall–Kier alpha value is -3.85. The summed E-state index contributed by atoms with van der Waals surface area (Å²) in [5.74, 6) is -0.193. The van der Waals surface area contributed by atoms with Crippen molar-refractivity contribution in [2.75, 3.05) is 24.2 Å². The van der Waals surface area contributed by atoms with E-state index < -0.39 is 28.5 Å². The molecule has 0 aliphatic rings. The van der Waals surface area contributed by atoms with Gasteiger partial charge in [-0.25, -0.2) is 8.42 Å². The molecule has 0 saturated carbocycles. The smallest absolute Gasteiger partial charge is 0.244 e. The number of carbonyl (C=O) groups is 2. The zero-order chi connectivity index (χ0) is 28.6. The number of nitrogens with one attached hydrogen (secondary N) is 1. The Morgan fingerprint density at radius 2 is 1.56 bits per heavy atom. The molecule has 0 radical (unpaired) electrons. The maximum absolute atomic E-state index is 14.1. The Kier molecular flexibility index (Phi) is 10.1. The quantitative estimate of drug-likeness (QED) is 0.368. The SMILES string of the molecule is COc1cccc(CN(C(=O)CN(c2ccccc2C)S(C)(=O)=O)[C@@H](Cc2ccccc2)C(=O)NC(C)C)c1. The van der Waals surface area contributed by atoms with Gasteiger partial charge in [-0.3, -0.25) is 13.9 Å². The largest absolute Gasteiger partial charge is 0.497 e. The van der Waals surface area contributed by atoms with Crippen LogP contribution in [0.1, 0.15) is 30.5 Å². The maximum atomic E-state index is 14.1. The number of hydrogen-bond donors (Lipinski definition) is 1. The molecule has 0 bridgehead atoms. The van der Waals surface area contributed by atoms with Crippen LogP contribution in [0.2, 0.25) is 0 Å². The Labute approximate surface area is 231 Å². The van der Waals surface area contributed by atoms with Crippen LogP contribution in [0, 0.1) is 6.92 Å². The van der Waals surface area contributed by atoms with Gasteiger partial charge in [0.2, 0.25) is 21.8 Å². The van der Waals surface area contributed by atoms with Crippen LogP contribution < -0.4 is 14.4 Å². The first-order chi connectivity index (χ1) is 18.5. The fourth-order valence-electron chi connectivity index (χ4n) is 4.34. The maximum Gasteiger partial charge on any atom is 0.244 e. The highest BCUT2D eigenvalue weighted by Crippen LogP contribution is 2.24. The van der Waals surface area contributed by atoms with Crippen molar-refractivity contribution in [2.45, 2.75) is 45.8 Å². The fourth-order valence-corrected chi connectivity index (χ4v) is 5.25. The van der Waals surface area contributed by atoms with Gasteiger partial charge in [0.1, 0.15) is 18.3 Å². The molecule has 3 rings (SSSR count). The summed E-state index contributed by atoms with van der Waals surface area (Å²) in [6.07, 6.45) is 1.34. The molecule has 3 aromatic carbocycles. The summed E-state index contributed by atoms with van der Waals surface area (Å²) in [7, 11) is -2.25. The fraction of sp³-hybridized carbons (Fsp3) is 0.333. The Morgan fingerprint density at radius 1 is 0.923 bits per heavy atom. The molecule has 1 atom stereocenters. The van der Waals surface area contributed by atoms with Crippen molar-refractivity contribution in [1.82, 2.24) is 10.2 Å². The molecule has 0 aliphatic heterocycles. The van der Waals surface area contributed by atoms with E-state index in [1.807, 2.05) is 62.4 Å². The number of carbonyl (C=O) groups excluding carboxylic acids is 2. The predicted molar refractivity (Wildman–Crippen MR) is 154 cm³/mol. The third kappa shape index (κ3) is 8.32. The number of hydrogen-bond acceptors (Lipinski definition) is 5. The normalized spacial score (nSPS) is 12.1. The summed E-state index contributed by atoms with van der Waals surface area (Å²) in [5, 5.41) is 2.94. The van der Waals surface area contributed by atoms with E-state index in [1.165, 1.54) is 4.90 Å². The molecular weight excluding hydrogens is 514 g/mol. The number of anilines is 1. The number of aryl methyl sites for hydroxylation is 1. The molecule has 39 heavy (non-hydrogen) atoms. The minimum absolute atomic E-state index is 0.0877. The van der Waals surface area contributed by atoms with Crippen LogP contribution in [0.25, 0.3) is 0 Å². The molecule has 0 saturated heterocycles. The zero-order valence-corrected chi connectivity index (χ0v) is 23.9. The van der Waals surface area contributed by atoms with Crippen molar-refractivity contribution in [2.24, 2.45) is 0 Å². The Morgan fingerprint density at radius 3 is 2.18 bits per heavy atom. The van der Waals surface area contributed by atoms with Crippen LogP contribution >= 0.6 is 0 Å². The van der Waals surface area contributed by atoms with E-state index in [1.54, 1.807) is 44.4 Å². The molecule has 0 fully saturated rings. The van der Waals surface area contributed by atoms with E-state index in [-0.39, 0.29) is 24.9 Å². The Balaban J connectivity index is 2.08. The molecule has 9 heteroatoms. The van der Waals surface area contributed by atoms with Crippen LogP contribution in [0.15, 0.2) is 78.9 Å². The second kappa shape index (κ2) is 13.3. The first-order valence-electron chi connectivity index (χ1n) is 12.8. The van der Waals surface area contributed by atoms with Gasteiger partial charge >= 0.3 is 0 Å². The number of amides is 2. The number of ether oxygens (including phenoxy) is 1. The molecule has 0 aromatic heterocycles. The molecule has 2 amide bonds. The first-order valence-corrected chi connectivity index (χ1v) is 14.6. The monoisotopic (exact) mass is 551 g/mol. The Bertz CT molecular complexity index is 1380. The van der Waals surface area contributed by atoms with Gasteiger partial charge in [-0.2, -0.15) is 0 Å². The van der Waals surface area contributed by atoms with Gasteiger partial charge in [-0.05, 0) is 55.7 Å². The third-order valence-electron chi connectivity index (χ3n) is 6.25. The van der Waals surface area contributed by atoms with Crippen molar-refractivity contribution in [3.63, 3.8) is 0 Å². The predicted octanol–water partition coefficient (Wildman–Crippen LogP) is 3.93. The molecule has 0 heterocycles. The highest BCUT2D eigenvalue weighted by atomic mass is 32.2. The molecule has 208 valence electrons.